The van der Waals surface area contributed by atoms with Gasteiger partial charge in [0, 0.05) is 26.6 Å². The molecule has 0 spiro atoms. The predicted molar refractivity (Wildman–Crippen MR) is 100 cm³/mol. The Morgan fingerprint density at radius 1 is 1.25 bits per heavy atom. The van der Waals surface area contributed by atoms with Crippen molar-refractivity contribution in [1.29, 1.82) is 0 Å². The van der Waals surface area contributed by atoms with E-state index in [1.165, 1.54) is 32.1 Å². The number of H-pyrrole nitrogens is 1. The first-order chi connectivity index (χ1) is 11.7. The van der Waals surface area contributed by atoms with Gasteiger partial charge in [0.05, 0.1) is 11.0 Å². The van der Waals surface area contributed by atoms with Crippen LogP contribution in [0.4, 0.5) is 0 Å². The largest absolute Gasteiger partial charge is 0.356 e. The van der Waals surface area contributed by atoms with Gasteiger partial charge in [0.15, 0.2) is 5.96 Å². The van der Waals surface area contributed by atoms with E-state index >= 15 is 0 Å². The average molecular weight is 327 g/mol. The lowest BCUT2D eigenvalue weighted by atomic mass is 9.83. The molecule has 0 amide bonds. The van der Waals surface area contributed by atoms with Crippen molar-refractivity contribution in [1.82, 2.24) is 20.6 Å². The number of aromatic amines is 1. The van der Waals surface area contributed by atoms with E-state index < -0.39 is 0 Å². The van der Waals surface area contributed by atoms with Gasteiger partial charge in [0.1, 0.15) is 5.82 Å². The highest BCUT2D eigenvalue weighted by molar-refractivity contribution is 5.79. The van der Waals surface area contributed by atoms with Gasteiger partial charge >= 0.3 is 0 Å². The number of para-hydroxylation sites is 2. The number of guanidine groups is 1. The van der Waals surface area contributed by atoms with E-state index in [0.29, 0.717) is 5.41 Å². The van der Waals surface area contributed by atoms with Crippen LogP contribution in [0.3, 0.4) is 0 Å². The summed E-state index contributed by atoms with van der Waals surface area (Å²) in [6.07, 6.45) is 7.52. The molecule has 1 aliphatic rings. The lowest BCUT2D eigenvalue weighted by molar-refractivity contribution is 0.283. The number of aromatic nitrogens is 2. The molecule has 0 radical (unpaired) electrons. The fraction of sp³-hybridized carbons (Fsp3) is 0.579. The van der Waals surface area contributed by atoms with Crippen molar-refractivity contribution < 1.29 is 0 Å². The quantitative estimate of drug-likeness (QED) is 0.564. The normalized spacial score (nSPS) is 17.3. The number of rotatable bonds is 6. The van der Waals surface area contributed by atoms with E-state index in [1.54, 1.807) is 0 Å². The molecule has 0 unspecified atom stereocenters. The standard InChI is InChI=1S/C19H29N5/c1-3-19(11-6-7-12-19)14-22-18(20-2)21-13-10-17-23-15-8-4-5-9-16(15)24-17/h4-5,8-9H,3,6-7,10-14H2,1-2H3,(H,23,24)(H2,20,21,22). The van der Waals surface area contributed by atoms with Crippen LogP contribution >= 0.6 is 0 Å². The molecule has 3 N–H and O–H groups in total. The van der Waals surface area contributed by atoms with Crippen molar-refractivity contribution in [2.24, 2.45) is 10.4 Å². The van der Waals surface area contributed by atoms with Crippen molar-refractivity contribution >= 4 is 17.0 Å². The molecule has 0 aliphatic heterocycles. The Morgan fingerprint density at radius 3 is 2.75 bits per heavy atom. The van der Waals surface area contributed by atoms with Crippen molar-refractivity contribution in [3.05, 3.63) is 30.1 Å². The molecule has 1 aromatic heterocycles. The minimum Gasteiger partial charge on any atom is -0.356 e. The van der Waals surface area contributed by atoms with Gasteiger partial charge in [0.25, 0.3) is 0 Å². The molecule has 1 heterocycles. The van der Waals surface area contributed by atoms with Gasteiger partial charge in [-0.25, -0.2) is 4.98 Å². The van der Waals surface area contributed by atoms with E-state index in [-0.39, 0.29) is 0 Å². The third-order valence-corrected chi connectivity index (χ3v) is 5.36. The fourth-order valence-corrected chi connectivity index (χ4v) is 3.70. The monoisotopic (exact) mass is 327 g/mol. The van der Waals surface area contributed by atoms with Crippen LogP contribution < -0.4 is 10.6 Å². The highest BCUT2D eigenvalue weighted by atomic mass is 15.2. The molecule has 0 bridgehead atoms. The zero-order chi connectivity index (χ0) is 16.8. The van der Waals surface area contributed by atoms with E-state index in [0.717, 1.165) is 42.3 Å². The molecule has 1 aliphatic carbocycles. The molecular formula is C19H29N5. The summed E-state index contributed by atoms with van der Waals surface area (Å²) in [5, 5.41) is 6.93. The third kappa shape index (κ3) is 3.89. The Labute approximate surface area is 144 Å². The summed E-state index contributed by atoms with van der Waals surface area (Å²) in [7, 11) is 1.84. The van der Waals surface area contributed by atoms with Gasteiger partial charge in [-0.3, -0.25) is 4.99 Å². The van der Waals surface area contributed by atoms with Crippen LogP contribution in [-0.2, 0) is 6.42 Å². The smallest absolute Gasteiger partial charge is 0.191 e. The van der Waals surface area contributed by atoms with E-state index in [9.17, 15) is 0 Å². The Hall–Kier alpha value is -2.04. The molecule has 1 fully saturated rings. The van der Waals surface area contributed by atoms with Crippen molar-refractivity contribution in [3.8, 4) is 0 Å². The summed E-state index contributed by atoms with van der Waals surface area (Å²) in [6, 6.07) is 8.14. The second-order valence-electron chi connectivity index (χ2n) is 6.86. The number of benzene rings is 1. The number of imidazole rings is 1. The van der Waals surface area contributed by atoms with Crippen LogP contribution in [0.1, 0.15) is 44.9 Å². The molecule has 5 heteroatoms. The van der Waals surface area contributed by atoms with Crippen molar-refractivity contribution in [3.63, 3.8) is 0 Å². The van der Waals surface area contributed by atoms with Gasteiger partial charge in [-0.1, -0.05) is 31.9 Å². The van der Waals surface area contributed by atoms with Gasteiger partial charge in [-0.2, -0.15) is 0 Å². The summed E-state index contributed by atoms with van der Waals surface area (Å²) in [4.78, 5) is 12.3. The molecule has 0 atom stereocenters. The molecule has 130 valence electrons. The maximum Gasteiger partial charge on any atom is 0.191 e. The fourth-order valence-electron chi connectivity index (χ4n) is 3.70. The lowest BCUT2D eigenvalue weighted by Gasteiger charge is -2.28. The molecule has 1 saturated carbocycles. The Kier molecular flexibility index (Phi) is 5.38. The lowest BCUT2D eigenvalue weighted by Crippen LogP contribution is -2.43. The van der Waals surface area contributed by atoms with E-state index in [2.05, 4.69) is 38.6 Å². The van der Waals surface area contributed by atoms with Gasteiger partial charge in [-0.05, 0) is 36.8 Å². The average Bonchev–Trinajstić information content (AvgIpc) is 3.24. The molecule has 3 rings (SSSR count). The van der Waals surface area contributed by atoms with E-state index in [1.807, 2.05) is 25.2 Å². The Bertz CT molecular complexity index is 649. The summed E-state index contributed by atoms with van der Waals surface area (Å²) < 4.78 is 0. The van der Waals surface area contributed by atoms with Crippen LogP contribution in [0, 0.1) is 5.41 Å². The predicted octanol–water partition coefficient (Wildman–Crippen LogP) is 3.24. The van der Waals surface area contributed by atoms with Gasteiger partial charge < -0.3 is 15.6 Å². The second-order valence-corrected chi connectivity index (χ2v) is 6.86. The minimum atomic E-state index is 0.469. The Balaban J connectivity index is 1.47. The van der Waals surface area contributed by atoms with Gasteiger partial charge in [0.2, 0.25) is 0 Å². The number of hydrogen-bond donors (Lipinski definition) is 3. The van der Waals surface area contributed by atoms with Crippen molar-refractivity contribution in [2.45, 2.75) is 45.4 Å². The first kappa shape index (κ1) is 16.8. The zero-order valence-corrected chi connectivity index (χ0v) is 14.9. The van der Waals surface area contributed by atoms with Crippen molar-refractivity contribution in [2.75, 3.05) is 20.1 Å². The summed E-state index contributed by atoms with van der Waals surface area (Å²) in [5.41, 5.74) is 2.60. The molecule has 1 aromatic carbocycles. The highest BCUT2D eigenvalue weighted by Gasteiger charge is 2.31. The molecular weight excluding hydrogens is 298 g/mol. The SMILES string of the molecule is CCC1(CNC(=NC)NCCc2nc3ccccc3[nH]2)CCCC1. The topological polar surface area (TPSA) is 65.1 Å². The maximum absolute atomic E-state index is 4.61. The first-order valence-corrected chi connectivity index (χ1v) is 9.13. The summed E-state index contributed by atoms with van der Waals surface area (Å²) >= 11 is 0. The van der Waals surface area contributed by atoms with Crippen LogP contribution in [-0.4, -0.2) is 36.1 Å². The molecule has 5 nitrogen and oxygen atoms in total. The van der Waals surface area contributed by atoms with Gasteiger partial charge in [-0.15, -0.1) is 0 Å². The molecule has 0 saturated heterocycles. The number of fused-ring (bicyclic) bond motifs is 1. The number of nitrogens with zero attached hydrogens (tertiary/aromatic N) is 2. The van der Waals surface area contributed by atoms with Crippen LogP contribution in [0.15, 0.2) is 29.3 Å². The minimum absolute atomic E-state index is 0.469. The molecule has 2 aromatic rings. The van der Waals surface area contributed by atoms with Crippen LogP contribution in [0.2, 0.25) is 0 Å². The maximum atomic E-state index is 4.61. The zero-order valence-electron chi connectivity index (χ0n) is 14.9. The summed E-state index contributed by atoms with van der Waals surface area (Å²) in [6.45, 7) is 4.15. The number of hydrogen-bond acceptors (Lipinski definition) is 2. The Morgan fingerprint density at radius 2 is 2.04 bits per heavy atom. The number of aliphatic imine (C=N–C) groups is 1. The third-order valence-electron chi connectivity index (χ3n) is 5.36. The molecule has 24 heavy (non-hydrogen) atoms. The number of nitrogens with one attached hydrogen (secondary N) is 3. The van der Waals surface area contributed by atoms with E-state index in [4.69, 9.17) is 0 Å². The van der Waals surface area contributed by atoms with Crippen LogP contribution in [0.25, 0.3) is 11.0 Å². The second kappa shape index (κ2) is 7.69. The first-order valence-electron chi connectivity index (χ1n) is 9.13. The highest BCUT2D eigenvalue weighted by Crippen LogP contribution is 2.40. The van der Waals surface area contributed by atoms with Crippen LogP contribution in [0.5, 0.6) is 0 Å². The summed E-state index contributed by atoms with van der Waals surface area (Å²) in [5.74, 6) is 1.91.